The number of hydrogen-bond acceptors (Lipinski definition) is 2. The maximum atomic E-state index is 10.7. The first-order valence-corrected chi connectivity index (χ1v) is 4.20. The van der Waals surface area contributed by atoms with Crippen molar-refractivity contribution in [3.8, 4) is 0 Å². The van der Waals surface area contributed by atoms with E-state index in [0.29, 0.717) is 6.54 Å². The Balaban J connectivity index is 2.69. The molecule has 0 bridgehead atoms. The second-order valence-corrected chi connectivity index (χ2v) is 2.87. The molecule has 0 aromatic rings. The van der Waals surface area contributed by atoms with Crippen LogP contribution in [0.2, 0.25) is 0 Å². The predicted molar refractivity (Wildman–Crippen MR) is 51.2 cm³/mol. The monoisotopic (exact) mass is 179 g/mol. The van der Waals surface area contributed by atoms with Crippen LogP contribution in [-0.2, 0) is 4.79 Å². The Morgan fingerprint density at radius 3 is 2.77 bits per heavy atom. The smallest absolute Gasteiger partial charge is 0.326 e. The van der Waals surface area contributed by atoms with Gasteiger partial charge in [0.1, 0.15) is 6.04 Å². The summed E-state index contributed by atoms with van der Waals surface area (Å²) in [6, 6.07) is -0.479. The first-order valence-electron chi connectivity index (χ1n) is 4.20. The zero-order chi connectivity index (χ0) is 9.68. The third-order valence-electron chi connectivity index (χ3n) is 1.92. The number of allylic oxidation sites excluding steroid dienone is 4. The Bertz CT molecular complexity index is 266. The summed E-state index contributed by atoms with van der Waals surface area (Å²) in [6.45, 7) is 2.31. The molecular weight excluding hydrogens is 166 g/mol. The zero-order valence-electron chi connectivity index (χ0n) is 7.55. The van der Waals surface area contributed by atoms with E-state index in [1.165, 1.54) is 0 Å². The first-order chi connectivity index (χ1) is 6.22. The Morgan fingerprint density at radius 2 is 2.08 bits per heavy atom. The molecule has 0 radical (unpaired) electrons. The highest BCUT2D eigenvalue weighted by Crippen LogP contribution is 2.02. The minimum atomic E-state index is -0.803. The summed E-state index contributed by atoms with van der Waals surface area (Å²) in [5.41, 5.74) is 0. The van der Waals surface area contributed by atoms with E-state index >= 15 is 0 Å². The maximum absolute atomic E-state index is 10.7. The fourth-order valence-corrected chi connectivity index (χ4v) is 1.04. The molecule has 1 heterocycles. The molecule has 1 aliphatic rings. The molecule has 1 unspecified atom stereocenters. The van der Waals surface area contributed by atoms with Crippen molar-refractivity contribution in [3.63, 3.8) is 0 Å². The van der Waals surface area contributed by atoms with Gasteiger partial charge in [0.25, 0.3) is 0 Å². The summed E-state index contributed by atoms with van der Waals surface area (Å²) < 4.78 is 0. The lowest BCUT2D eigenvalue weighted by Gasteiger charge is -2.23. The number of rotatable bonds is 2. The van der Waals surface area contributed by atoms with E-state index in [-0.39, 0.29) is 0 Å². The Labute approximate surface area is 77.7 Å². The van der Waals surface area contributed by atoms with Gasteiger partial charge in [-0.1, -0.05) is 24.3 Å². The molecule has 70 valence electrons. The van der Waals surface area contributed by atoms with Crippen LogP contribution >= 0.6 is 0 Å². The van der Waals surface area contributed by atoms with Crippen molar-refractivity contribution in [2.24, 2.45) is 0 Å². The lowest BCUT2D eigenvalue weighted by molar-refractivity contribution is -0.141. The van der Waals surface area contributed by atoms with Crippen LogP contribution in [0, 0.1) is 0 Å². The predicted octanol–water partition coefficient (Wildman–Crippen LogP) is 1.40. The molecule has 13 heavy (non-hydrogen) atoms. The van der Waals surface area contributed by atoms with Crippen LogP contribution in [0.3, 0.4) is 0 Å². The van der Waals surface area contributed by atoms with Crippen molar-refractivity contribution in [3.05, 3.63) is 36.6 Å². The van der Waals surface area contributed by atoms with Gasteiger partial charge in [-0.3, -0.25) is 0 Å². The van der Waals surface area contributed by atoms with Gasteiger partial charge in [-0.15, -0.1) is 0 Å². The maximum Gasteiger partial charge on any atom is 0.326 e. The number of aliphatic carboxylic acids is 1. The molecule has 3 nitrogen and oxygen atoms in total. The molecule has 1 rings (SSSR count). The van der Waals surface area contributed by atoms with Crippen LogP contribution in [0.15, 0.2) is 36.6 Å². The van der Waals surface area contributed by atoms with Crippen LogP contribution in [0.25, 0.3) is 0 Å². The molecular formula is C10H13NO2. The Morgan fingerprint density at radius 1 is 1.38 bits per heavy atom. The van der Waals surface area contributed by atoms with Crippen LogP contribution < -0.4 is 0 Å². The highest BCUT2D eigenvalue weighted by molar-refractivity contribution is 5.73. The third-order valence-corrected chi connectivity index (χ3v) is 1.92. The van der Waals surface area contributed by atoms with Crippen molar-refractivity contribution in [2.45, 2.75) is 13.0 Å². The molecule has 0 fully saturated rings. The van der Waals surface area contributed by atoms with Crippen LogP contribution in [0.4, 0.5) is 0 Å². The van der Waals surface area contributed by atoms with Gasteiger partial charge >= 0.3 is 5.97 Å². The van der Waals surface area contributed by atoms with E-state index in [4.69, 9.17) is 5.11 Å². The molecule has 0 saturated carbocycles. The van der Waals surface area contributed by atoms with Gasteiger partial charge in [0.2, 0.25) is 0 Å². The average molecular weight is 179 g/mol. The van der Waals surface area contributed by atoms with Gasteiger partial charge in [0, 0.05) is 12.7 Å². The summed E-state index contributed by atoms with van der Waals surface area (Å²) in [5.74, 6) is -0.803. The minimum absolute atomic E-state index is 0.479. The fourth-order valence-electron chi connectivity index (χ4n) is 1.04. The highest BCUT2D eigenvalue weighted by Gasteiger charge is 2.15. The molecule has 0 amide bonds. The van der Waals surface area contributed by atoms with Gasteiger partial charge in [0.05, 0.1) is 0 Å². The average Bonchev–Trinajstić information content (AvgIpc) is 2.02. The first kappa shape index (κ1) is 9.58. The van der Waals surface area contributed by atoms with Crippen LogP contribution in [0.5, 0.6) is 0 Å². The molecule has 0 saturated heterocycles. The van der Waals surface area contributed by atoms with E-state index in [9.17, 15) is 4.79 Å². The van der Waals surface area contributed by atoms with Gasteiger partial charge in [-0.25, -0.2) is 4.79 Å². The van der Waals surface area contributed by atoms with Crippen molar-refractivity contribution in [2.75, 3.05) is 6.54 Å². The van der Waals surface area contributed by atoms with Gasteiger partial charge in [-0.05, 0) is 13.0 Å². The number of carbonyl (C=O) groups is 1. The topological polar surface area (TPSA) is 40.5 Å². The Hall–Kier alpha value is -1.51. The van der Waals surface area contributed by atoms with E-state index in [0.717, 1.165) is 0 Å². The molecule has 1 atom stereocenters. The number of nitrogens with zero attached hydrogens (tertiary/aromatic N) is 1. The number of carboxylic acids is 1. The molecule has 0 aromatic heterocycles. The second-order valence-electron chi connectivity index (χ2n) is 2.87. The van der Waals surface area contributed by atoms with Crippen molar-refractivity contribution < 1.29 is 9.90 Å². The van der Waals surface area contributed by atoms with Gasteiger partial charge in [-0.2, -0.15) is 0 Å². The molecule has 1 aliphatic heterocycles. The minimum Gasteiger partial charge on any atom is -0.480 e. The van der Waals surface area contributed by atoms with Crippen molar-refractivity contribution in [1.29, 1.82) is 0 Å². The molecule has 0 spiro atoms. The van der Waals surface area contributed by atoms with E-state index in [1.807, 2.05) is 30.4 Å². The van der Waals surface area contributed by atoms with Crippen LogP contribution in [-0.4, -0.2) is 28.6 Å². The van der Waals surface area contributed by atoms with E-state index in [2.05, 4.69) is 0 Å². The highest BCUT2D eigenvalue weighted by atomic mass is 16.4. The second kappa shape index (κ2) is 4.50. The summed E-state index contributed by atoms with van der Waals surface area (Å²) in [7, 11) is 0. The molecule has 0 aliphatic carbocycles. The summed E-state index contributed by atoms with van der Waals surface area (Å²) >= 11 is 0. The molecule has 1 N–H and O–H groups in total. The van der Waals surface area contributed by atoms with Crippen LogP contribution in [0.1, 0.15) is 6.92 Å². The zero-order valence-corrected chi connectivity index (χ0v) is 7.55. The lowest BCUT2D eigenvalue weighted by Crippen LogP contribution is -2.35. The summed E-state index contributed by atoms with van der Waals surface area (Å²) in [5, 5.41) is 8.78. The Kier molecular flexibility index (Phi) is 3.31. The standard InChI is InChI=1S/C10H13NO2/c1-9(10(12)13)11-7-5-3-2-4-6-8-11/h2-7,9H,8H2,1H3,(H,12,13)/b3-2-,6-4-,7-5-. The molecule has 3 heteroatoms. The van der Waals surface area contributed by atoms with Crippen molar-refractivity contribution in [1.82, 2.24) is 4.90 Å². The van der Waals surface area contributed by atoms with E-state index in [1.54, 1.807) is 18.0 Å². The number of hydrogen-bond donors (Lipinski definition) is 1. The third kappa shape index (κ3) is 2.78. The van der Waals surface area contributed by atoms with Crippen molar-refractivity contribution >= 4 is 5.97 Å². The fraction of sp³-hybridized carbons (Fsp3) is 0.300. The van der Waals surface area contributed by atoms with E-state index < -0.39 is 12.0 Å². The lowest BCUT2D eigenvalue weighted by atomic mass is 10.2. The normalized spacial score (nSPS) is 25.5. The number of carboxylic acid groups (broad SMARTS) is 1. The summed E-state index contributed by atoms with van der Waals surface area (Å²) in [4.78, 5) is 12.4. The SMILES string of the molecule is CC(C(=O)O)N1\C=C/C=C\C=C/C1. The van der Waals surface area contributed by atoms with Gasteiger partial charge in [0.15, 0.2) is 0 Å². The molecule has 0 aromatic carbocycles. The quantitative estimate of drug-likeness (QED) is 0.696. The van der Waals surface area contributed by atoms with Gasteiger partial charge < -0.3 is 10.0 Å². The largest absolute Gasteiger partial charge is 0.480 e. The summed E-state index contributed by atoms with van der Waals surface area (Å²) in [6.07, 6.45) is 11.3.